The predicted octanol–water partition coefficient (Wildman–Crippen LogP) is 3.19. The van der Waals surface area contributed by atoms with Gasteiger partial charge >= 0.3 is 12.1 Å². The van der Waals surface area contributed by atoms with Crippen LogP contribution in [0, 0.1) is 0 Å². The molecule has 1 aromatic rings. The molecule has 0 aliphatic carbocycles. The number of rotatable bonds is 1. The van der Waals surface area contributed by atoms with E-state index in [1.54, 1.807) is 24.3 Å². The van der Waals surface area contributed by atoms with E-state index in [0.29, 0.717) is 22.2 Å². The maximum absolute atomic E-state index is 12.7. The van der Waals surface area contributed by atoms with Crippen LogP contribution in [0.5, 0.6) is 0 Å². The minimum atomic E-state index is -4.57. The van der Waals surface area contributed by atoms with E-state index in [-0.39, 0.29) is 0 Å². The number of halogens is 3. The minimum absolute atomic E-state index is 0.444. The van der Waals surface area contributed by atoms with Crippen molar-refractivity contribution in [1.29, 1.82) is 0 Å². The first-order valence-electron chi connectivity index (χ1n) is 4.67. The van der Waals surface area contributed by atoms with E-state index in [0.717, 1.165) is 6.08 Å². The summed E-state index contributed by atoms with van der Waals surface area (Å²) in [5.41, 5.74) is -0.114. The van der Waals surface area contributed by atoms with Crippen LogP contribution >= 0.6 is 11.8 Å². The lowest BCUT2D eigenvalue weighted by molar-refractivity contribution is -0.140. The Hall–Kier alpha value is -1.43. The number of hydrogen-bond acceptors (Lipinski definition) is 2. The SMILES string of the molecule is O=C(O)C1=Cc2ccccc2S[C@@H]1C(F)(F)F. The molecule has 1 heterocycles. The van der Waals surface area contributed by atoms with Crippen molar-refractivity contribution < 1.29 is 23.1 Å². The molecule has 2 rings (SSSR count). The molecule has 1 aliphatic heterocycles. The van der Waals surface area contributed by atoms with Crippen LogP contribution < -0.4 is 0 Å². The van der Waals surface area contributed by atoms with Crippen molar-refractivity contribution in [3.05, 3.63) is 35.4 Å². The topological polar surface area (TPSA) is 37.3 Å². The molecule has 6 heteroatoms. The number of thioether (sulfide) groups is 1. The Bertz CT molecular complexity index is 494. The van der Waals surface area contributed by atoms with E-state index in [1.165, 1.54) is 0 Å². The van der Waals surface area contributed by atoms with Crippen molar-refractivity contribution in [3.8, 4) is 0 Å². The molecule has 0 fully saturated rings. The van der Waals surface area contributed by atoms with E-state index in [1.807, 2.05) is 0 Å². The third-order valence-electron chi connectivity index (χ3n) is 2.30. The Balaban J connectivity index is 2.51. The second-order valence-electron chi connectivity index (χ2n) is 3.48. The molecule has 1 aromatic carbocycles. The van der Waals surface area contributed by atoms with Crippen molar-refractivity contribution in [2.45, 2.75) is 16.3 Å². The number of carbonyl (C=O) groups is 1. The van der Waals surface area contributed by atoms with Gasteiger partial charge in [-0.15, -0.1) is 11.8 Å². The molecule has 1 N–H and O–H groups in total. The molecule has 1 atom stereocenters. The maximum atomic E-state index is 12.7. The molecule has 0 aromatic heterocycles. The summed E-state index contributed by atoms with van der Waals surface area (Å²) in [6, 6.07) is 6.42. The van der Waals surface area contributed by atoms with Crippen LogP contribution in [0.2, 0.25) is 0 Å². The van der Waals surface area contributed by atoms with Crippen molar-refractivity contribution in [1.82, 2.24) is 0 Å². The van der Waals surface area contributed by atoms with Crippen LogP contribution in [-0.4, -0.2) is 22.5 Å². The van der Waals surface area contributed by atoms with Crippen LogP contribution in [0.3, 0.4) is 0 Å². The molecule has 1 aliphatic rings. The average molecular weight is 260 g/mol. The van der Waals surface area contributed by atoms with E-state index in [9.17, 15) is 18.0 Å². The van der Waals surface area contributed by atoms with Gasteiger partial charge in [0.2, 0.25) is 0 Å². The number of carboxylic acids is 1. The first-order valence-corrected chi connectivity index (χ1v) is 5.55. The molecular weight excluding hydrogens is 253 g/mol. The zero-order valence-corrected chi connectivity index (χ0v) is 9.18. The fourth-order valence-electron chi connectivity index (χ4n) is 1.56. The first-order chi connectivity index (χ1) is 7.89. The standard InChI is InChI=1S/C11H7F3O2S/c12-11(13,14)9-7(10(15)16)5-6-3-1-2-4-8(6)17-9/h1-5,9H,(H,15,16)/t9-/m0/s1. The zero-order valence-electron chi connectivity index (χ0n) is 8.36. The highest BCUT2D eigenvalue weighted by Crippen LogP contribution is 2.44. The second-order valence-corrected chi connectivity index (χ2v) is 4.63. The lowest BCUT2D eigenvalue weighted by atomic mass is 10.1. The summed E-state index contributed by atoms with van der Waals surface area (Å²) in [6.45, 7) is 0. The van der Waals surface area contributed by atoms with Crippen molar-refractivity contribution in [3.63, 3.8) is 0 Å². The van der Waals surface area contributed by atoms with E-state index >= 15 is 0 Å². The summed E-state index contributed by atoms with van der Waals surface area (Å²) in [7, 11) is 0. The maximum Gasteiger partial charge on any atom is 0.405 e. The Morgan fingerprint density at radius 2 is 1.94 bits per heavy atom. The average Bonchev–Trinajstić information content (AvgIpc) is 2.26. The van der Waals surface area contributed by atoms with Crippen LogP contribution in [0.15, 0.2) is 34.7 Å². The smallest absolute Gasteiger partial charge is 0.405 e. The molecule has 0 saturated carbocycles. The molecule has 0 bridgehead atoms. The number of carboxylic acid groups (broad SMARTS) is 1. The second kappa shape index (κ2) is 4.10. The van der Waals surface area contributed by atoms with Gasteiger partial charge in [0, 0.05) is 4.90 Å². The van der Waals surface area contributed by atoms with Crippen molar-refractivity contribution in [2.24, 2.45) is 0 Å². The molecule has 0 amide bonds. The van der Waals surface area contributed by atoms with Gasteiger partial charge in [-0.25, -0.2) is 4.79 Å². The Morgan fingerprint density at radius 3 is 2.53 bits per heavy atom. The summed E-state index contributed by atoms with van der Waals surface area (Å²) in [4.78, 5) is 11.3. The molecule has 0 spiro atoms. The quantitative estimate of drug-likeness (QED) is 0.842. The zero-order chi connectivity index (χ0) is 12.6. The number of aliphatic carboxylic acids is 1. The van der Waals surface area contributed by atoms with E-state index in [2.05, 4.69) is 0 Å². The van der Waals surface area contributed by atoms with Gasteiger partial charge in [-0.05, 0) is 17.7 Å². The van der Waals surface area contributed by atoms with Gasteiger partial charge in [0.25, 0.3) is 0 Å². The number of alkyl halides is 3. The van der Waals surface area contributed by atoms with Gasteiger partial charge in [0.15, 0.2) is 0 Å². The Labute approximate surface area is 99.1 Å². The van der Waals surface area contributed by atoms with Crippen LogP contribution in [-0.2, 0) is 4.79 Å². The van der Waals surface area contributed by atoms with Gasteiger partial charge in [0.05, 0.1) is 5.57 Å². The molecule has 0 unspecified atom stereocenters. The predicted molar refractivity (Wildman–Crippen MR) is 57.8 cm³/mol. The van der Waals surface area contributed by atoms with Crippen LogP contribution in [0.25, 0.3) is 6.08 Å². The molecule has 17 heavy (non-hydrogen) atoms. The number of benzene rings is 1. The molecular formula is C11H7F3O2S. The molecule has 90 valence electrons. The normalized spacial score (nSPS) is 19.5. The minimum Gasteiger partial charge on any atom is -0.478 e. The van der Waals surface area contributed by atoms with Crippen LogP contribution in [0.4, 0.5) is 13.2 Å². The van der Waals surface area contributed by atoms with Gasteiger partial charge in [-0.1, -0.05) is 18.2 Å². The third-order valence-corrected chi connectivity index (χ3v) is 3.68. The summed E-state index contributed by atoms with van der Waals surface area (Å²) in [5.74, 6) is -1.53. The fourth-order valence-corrected chi connectivity index (χ4v) is 2.66. The lowest BCUT2D eigenvalue weighted by Crippen LogP contribution is -2.32. The molecule has 0 radical (unpaired) electrons. The van der Waals surface area contributed by atoms with Gasteiger partial charge in [-0.3, -0.25) is 0 Å². The summed E-state index contributed by atoms with van der Waals surface area (Å²) in [5, 5.41) is 6.81. The summed E-state index contributed by atoms with van der Waals surface area (Å²) in [6.07, 6.45) is -3.48. The summed E-state index contributed by atoms with van der Waals surface area (Å²) >= 11 is 0.526. The lowest BCUT2D eigenvalue weighted by Gasteiger charge is -2.25. The highest BCUT2D eigenvalue weighted by atomic mass is 32.2. The van der Waals surface area contributed by atoms with Crippen LogP contribution in [0.1, 0.15) is 5.56 Å². The number of hydrogen-bond donors (Lipinski definition) is 1. The largest absolute Gasteiger partial charge is 0.478 e. The fraction of sp³-hybridized carbons (Fsp3) is 0.182. The van der Waals surface area contributed by atoms with Crippen molar-refractivity contribution >= 4 is 23.8 Å². The van der Waals surface area contributed by atoms with E-state index < -0.39 is 23.0 Å². The highest BCUT2D eigenvalue weighted by Gasteiger charge is 2.46. The van der Waals surface area contributed by atoms with Gasteiger partial charge < -0.3 is 5.11 Å². The Kier molecular flexibility index (Phi) is 2.91. The summed E-state index contributed by atoms with van der Waals surface area (Å²) < 4.78 is 38.2. The third kappa shape index (κ3) is 2.31. The monoisotopic (exact) mass is 260 g/mol. The van der Waals surface area contributed by atoms with E-state index in [4.69, 9.17) is 5.11 Å². The molecule has 2 nitrogen and oxygen atoms in total. The van der Waals surface area contributed by atoms with Gasteiger partial charge in [-0.2, -0.15) is 13.2 Å². The van der Waals surface area contributed by atoms with Crippen molar-refractivity contribution in [2.75, 3.05) is 0 Å². The number of fused-ring (bicyclic) bond motifs is 1. The first kappa shape index (κ1) is 12.0. The Morgan fingerprint density at radius 1 is 1.29 bits per heavy atom. The molecule has 0 saturated heterocycles. The van der Waals surface area contributed by atoms with Gasteiger partial charge in [0.1, 0.15) is 5.25 Å². The highest BCUT2D eigenvalue weighted by molar-refractivity contribution is 8.00.